The molecule has 0 saturated heterocycles. The number of nitrogens with one attached hydrogen (secondary N) is 1. The van der Waals surface area contributed by atoms with E-state index in [2.05, 4.69) is 40.4 Å². The monoisotopic (exact) mass is 523 g/mol. The molecule has 1 N–H and O–H groups in total. The topological polar surface area (TPSA) is 81.2 Å². The molecule has 1 atom stereocenters. The quantitative estimate of drug-likeness (QED) is 0.170. The first-order valence-corrected chi connectivity index (χ1v) is 14.2. The van der Waals surface area contributed by atoms with Crippen molar-refractivity contribution in [3.8, 4) is 10.4 Å². The van der Waals surface area contributed by atoms with Crippen LogP contribution in [0.1, 0.15) is 40.4 Å². The Morgan fingerprint density at radius 1 is 1.20 bits per heavy atom. The highest BCUT2D eigenvalue weighted by molar-refractivity contribution is 8.00. The molecule has 3 aromatic heterocycles. The number of rotatable bonds is 7. The molecule has 0 bridgehead atoms. The van der Waals surface area contributed by atoms with Crippen molar-refractivity contribution < 1.29 is 14.3 Å². The van der Waals surface area contributed by atoms with E-state index in [4.69, 9.17) is 4.74 Å². The number of anilines is 1. The number of nitrogens with zero attached hydrogens (tertiary/aromatic N) is 2. The minimum atomic E-state index is -0.369. The minimum Gasteiger partial charge on any atom is -0.462 e. The average molecular weight is 524 g/mol. The Bertz CT molecular complexity index is 1380. The summed E-state index contributed by atoms with van der Waals surface area (Å²) in [5, 5.41) is 4.75. The van der Waals surface area contributed by atoms with Crippen molar-refractivity contribution >= 4 is 62.2 Å². The average Bonchev–Trinajstić information content (AvgIpc) is 3.45. The van der Waals surface area contributed by atoms with Gasteiger partial charge in [0.05, 0.1) is 18.0 Å². The van der Waals surface area contributed by atoms with Gasteiger partial charge >= 0.3 is 5.97 Å². The third-order valence-electron chi connectivity index (χ3n) is 5.93. The number of thiophene rings is 2. The molecule has 1 amide bonds. The Hall–Kier alpha value is -2.75. The molecule has 0 saturated carbocycles. The lowest BCUT2D eigenvalue weighted by molar-refractivity contribution is -0.113. The van der Waals surface area contributed by atoms with Gasteiger partial charge in [-0.05, 0) is 49.3 Å². The fourth-order valence-corrected chi connectivity index (χ4v) is 7.43. The molecule has 0 spiro atoms. The molecule has 1 aliphatic carbocycles. The number of amides is 1. The number of fused-ring (bicyclic) bond motifs is 2. The van der Waals surface area contributed by atoms with Gasteiger partial charge in [0.1, 0.15) is 21.1 Å². The number of hydrogen-bond donors (Lipinski definition) is 1. The van der Waals surface area contributed by atoms with Crippen molar-refractivity contribution in [3.05, 3.63) is 58.0 Å². The van der Waals surface area contributed by atoms with E-state index in [0.717, 1.165) is 50.5 Å². The highest BCUT2D eigenvalue weighted by Gasteiger charge is 2.28. The summed E-state index contributed by atoms with van der Waals surface area (Å²) in [7, 11) is 0. The zero-order chi connectivity index (χ0) is 24.4. The Kier molecular flexibility index (Phi) is 7.17. The highest BCUT2D eigenvalue weighted by Crippen LogP contribution is 2.41. The summed E-state index contributed by atoms with van der Waals surface area (Å²) < 4.78 is 5.27. The lowest BCUT2D eigenvalue weighted by atomic mass is 9.89. The molecule has 180 valence electrons. The van der Waals surface area contributed by atoms with Crippen molar-refractivity contribution in [1.82, 2.24) is 9.97 Å². The summed E-state index contributed by atoms with van der Waals surface area (Å²) in [6, 6.07) is 12.3. The summed E-state index contributed by atoms with van der Waals surface area (Å²) in [6.45, 7) is 4.31. The Balaban J connectivity index is 1.34. The molecule has 1 aromatic carbocycles. The van der Waals surface area contributed by atoms with Crippen LogP contribution in [-0.2, 0) is 22.4 Å². The third kappa shape index (κ3) is 5.12. The summed E-state index contributed by atoms with van der Waals surface area (Å²) in [6.07, 6.45) is 4.38. The fraction of sp³-hybridized carbons (Fsp3) is 0.308. The first-order chi connectivity index (χ1) is 17.0. The lowest BCUT2D eigenvalue weighted by Crippen LogP contribution is -2.18. The molecule has 5 rings (SSSR count). The number of aromatic nitrogens is 2. The second-order valence-electron chi connectivity index (χ2n) is 8.49. The molecular formula is C26H25N3O3S3. The van der Waals surface area contributed by atoms with Crippen LogP contribution in [0.5, 0.6) is 0 Å². The standard InChI is InChI=1S/C26H25N3O3S3/c1-3-32-26(31)23-22(17-10-9-15(2)11-20(17)34-23)29-21(30)13-33-24-18-12-19(16-7-5-4-6-8-16)35-25(18)28-14-27-24/h4-8,12,14-15H,3,9-11,13H2,1-2H3,(H,29,30)/t15-/m1/s1. The van der Waals surface area contributed by atoms with Crippen LogP contribution in [0.4, 0.5) is 5.69 Å². The Morgan fingerprint density at radius 3 is 2.83 bits per heavy atom. The van der Waals surface area contributed by atoms with E-state index in [1.807, 2.05) is 18.2 Å². The molecule has 3 heterocycles. The van der Waals surface area contributed by atoms with Crippen LogP contribution >= 0.6 is 34.4 Å². The smallest absolute Gasteiger partial charge is 0.350 e. The molecule has 6 nitrogen and oxygen atoms in total. The van der Waals surface area contributed by atoms with Crippen LogP contribution in [-0.4, -0.2) is 34.2 Å². The van der Waals surface area contributed by atoms with E-state index in [-0.39, 0.29) is 17.6 Å². The zero-order valence-electron chi connectivity index (χ0n) is 19.5. The molecule has 1 aliphatic rings. The van der Waals surface area contributed by atoms with Crippen LogP contribution in [0.25, 0.3) is 20.7 Å². The van der Waals surface area contributed by atoms with Gasteiger partial charge < -0.3 is 10.1 Å². The van der Waals surface area contributed by atoms with Crippen molar-refractivity contribution in [2.24, 2.45) is 5.92 Å². The van der Waals surface area contributed by atoms with Crippen LogP contribution in [0, 0.1) is 5.92 Å². The maximum Gasteiger partial charge on any atom is 0.350 e. The van der Waals surface area contributed by atoms with E-state index in [0.29, 0.717) is 23.1 Å². The number of benzene rings is 1. The van der Waals surface area contributed by atoms with Crippen LogP contribution < -0.4 is 5.32 Å². The van der Waals surface area contributed by atoms with Gasteiger partial charge in [-0.3, -0.25) is 4.79 Å². The van der Waals surface area contributed by atoms with Gasteiger partial charge in [-0.25, -0.2) is 14.8 Å². The van der Waals surface area contributed by atoms with Crippen LogP contribution in [0.2, 0.25) is 0 Å². The van der Waals surface area contributed by atoms with Gasteiger partial charge in [-0.1, -0.05) is 49.0 Å². The summed E-state index contributed by atoms with van der Waals surface area (Å²) >= 11 is 4.45. The number of carbonyl (C=O) groups is 2. The van der Waals surface area contributed by atoms with Crippen LogP contribution in [0.3, 0.4) is 0 Å². The predicted octanol–water partition coefficient (Wildman–Crippen LogP) is 6.45. The normalized spacial score (nSPS) is 15.1. The maximum atomic E-state index is 13.0. The molecule has 0 unspecified atom stereocenters. The summed E-state index contributed by atoms with van der Waals surface area (Å²) in [4.78, 5) is 38.2. The number of thioether (sulfide) groups is 1. The second kappa shape index (κ2) is 10.5. The minimum absolute atomic E-state index is 0.162. The Morgan fingerprint density at radius 2 is 2.03 bits per heavy atom. The van der Waals surface area contributed by atoms with Crippen LogP contribution in [0.15, 0.2) is 47.8 Å². The van der Waals surface area contributed by atoms with Gasteiger partial charge in [0.15, 0.2) is 0 Å². The lowest BCUT2D eigenvalue weighted by Gasteiger charge is -2.19. The van der Waals surface area contributed by atoms with Gasteiger partial charge in [0.25, 0.3) is 0 Å². The molecule has 0 aliphatic heterocycles. The van der Waals surface area contributed by atoms with Crippen molar-refractivity contribution in [2.75, 3.05) is 17.7 Å². The molecule has 35 heavy (non-hydrogen) atoms. The van der Waals surface area contributed by atoms with Gasteiger partial charge in [-0.2, -0.15) is 0 Å². The molecule has 4 aromatic rings. The Labute approximate surface area is 216 Å². The largest absolute Gasteiger partial charge is 0.462 e. The van der Waals surface area contributed by atoms with E-state index in [9.17, 15) is 9.59 Å². The first-order valence-electron chi connectivity index (χ1n) is 11.6. The molecule has 9 heteroatoms. The third-order valence-corrected chi connectivity index (χ3v) is 9.26. The first kappa shape index (κ1) is 24.0. The van der Waals surface area contributed by atoms with Gasteiger partial charge in [0, 0.05) is 15.1 Å². The molecule has 0 radical (unpaired) electrons. The number of hydrogen-bond acceptors (Lipinski definition) is 8. The zero-order valence-corrected chi connectivity index (χ0v) is 21.9. The number of carbonyl (C=O) groups excluding carboxylic acids is 2. The fourth-order valence-electron chi connectivity index (χ4n) is 4.23. The SMILES string of the molecule is CCOC(=O)c1sc2c(c1NC(=O)CSc1ncnc3sc(-c4ccccc4)cc13)CC[C@@H](C)C2. The predicted molar refractivity (Wildman–Crippen MR) is 144 cm³/mol. The highest BCUT2D eigenvalue weighted by atomic mass is 32.2. The summed E-state index contributed by atoms with van der Waals surface area (Å²) in [5.41, 5.74) is 2.85. The van der Waals surface area contributed by atoms with E-state index < -0.39 is 0 Å². The molecular weight excluding hydrogens is 499 g/mol. The molecule has 0 fully saturated rings. The van der Waals surface area contributed by atoms with E-state index >= 15 is 0 Å². The maximum absolute atomic E-state index is 13.0. The van der Waals surface area contributed by atoms with E-state index in [1.54, 1.807) is 24.6 Å². The summed E-state index contributed by atoms with van der Waals surface area (Å²) in [5.74, 6) is 0.227. The van der Waals surface area contributed by atoms with Gasteiger partial charge in [-0.15, -0.1) is 22.7 Å². The van der Waals surface area contributed by atoms with Crippen molar-refractivity contribution in [3.63, 3.8) is 0 Å². The van der Waals surface area contributed by atoms with Crippen molar-refractivity contribution in [2.45, 2.75) is 38.1 Å². The number of esters is 1. The van der Waals surface area contributed by atoms with E-state index in [1.165, 1.54) is 28.0 Å². The van der Waals surface area contributed by atoms with Crippen molar-refractivity contribution in [1.29, 1.82) is 0 Å². The second-order valence-corrected chi connectivity index (χ2v) is 11.6. The number of ether oxygens (including phenoxy) is 1. The van der Waals surface area contributed by atoms with Gasteiger partial charge in [0.2, 0.25) is 5.91 Å².